The van der Waals surface area contributed by atoms with E-state index >= 15 is 0 Å². The maximum Gasteiger partial charge on any atom is 0.145 e. The van der Waals surface area contributed by atoms with Crippen LogP contribution in [0.2, 0.25) is 0 Å². The predicted molar refractivity (Wildman–Crippen MR) is 73.5 cm³/mol. The zero-order chi connectivity index (χ0) is 13.0. The van der Waals surface area contributed by atoms with Crippen molar-refractivity contribution in [3.05, 3.63) is 33.8 Å². The van der Waals surface area contributed by atoms with Crippen molar-refractivity contribution in [3.63, 3.8) is 0 Å². The van der Waals surface area contributed by atoms with Gasteiger partial charge in [-0.25, -0.2) is 8.78 Å². The minimum Gasteiger partial charge on any atom is -0.312 e. The molecule has 96 valence electrons. The fourth-order valence-corrected chi connectivity index (χ4v) is 2.72. The van der Waals surface area contributed by atoms with Crippen molar-refractivity contribution in [2.24, 2.45) is 0 Å². The fourth-order valence-electron chi connectivity index (χ4n) is 1.46. The summed E-state index contributed by atoms with van der Waals surface area (Å²) in [6, 6.07) is 2.35. The zero-order valence-electron chi connectivity index (χ0n) is 10.1. The Hall–Kier alpha value is -0.130. The number of benzene rings is 1. The third kappa shape index (κ3) is 3.93. The van der Waals surface area contributed by atoms with Crippen molar-refractivity contribution < 1.29 is 8.78 Å². The summed E-state index contributed by atoms with van der Waals surface area (Å²) in [4.78, 5) is 0. The third-order valence-corrected chi connectivity index (χ3v) is 4.18. The number of hydrogen-bond donors (Lipinski definition) is 1. The minimum atomic E-state index is -0.520. The first-order valence-corrected chi connectivity index (χ1v) is 7.23. The van der Waals surface area contributed by atoms with Crippen LogP contribution in [0.1, 0.15) is 25.5 Å². The Labute approximate surface area is 113 Å². The molecule has 0 fully saturated rings. The van der Waals surface area contributed by atoms with Gasteiger partial charge in [0, 0.05) is 17.4 Å². The molecule has 0 aliphatic rings. The number of nitrogens with one attached hydrogen (secondary N) is 1. The van der Waals surface area contributed by atoms with Gasteiger partial charge in [0.15, 0.2) is 0 Å². The van der Waals surface area contributed by atoms with Crippen molar-refractivity contribution in [2.45, 2.75) is 25.1 Å². The van der Waals surface area contributed by atoms with Crippen LogP contribution < -0.4 is 5.32 Å². The first kappa shape index (κ1) is 14.9. The Morgan fingerprint density at radius 1 is 1.35 bits per heavy atom. The van der Waals surface area contributed by atoms with Crippen LogP contribution in [0.5, 0.6) is 0 Å². The summed E-state index contributed by atoms with van der Waals surface area (Å²) in [6.45, 7) is 4.12. The lowest BCUT2D eigenvalue weighted by Crippen LogP contribution is -2.22. The predicted octanol–water partition coefficient (Wildman–Crippen LogP) is 4.13. The molecule has 0 aliphatic heterocycles. The molecule has 1 aromatic carbocycles. The van der Waals surface area contributed by atoms with Crippen molar-refractivity contribution in [1.29, 1.82) is 0 Å². The summed E-state index contributed by atoms with van der Waals surface area (Å²) >= 11 is 4.75. The summed E-state index contributed by atoms with van der Waals surface area (Å²) in [6.07, 6.45) is 0. The van der Waals surface area contributed by atoms with E-state index in [1.165, 1.54) is 12.1 Å². The lowest BCUT2D eigenvalue weighted by atomic mass is 10.1. The van der Waals surface area contributed by atoms with Gasteiger partial charge in [-0.05, 0) is 40.4 Å². The number of halogens is 3. The molecule has 0 aliphatic carbocycles. The maximum atomic E-state index is 13.9. The van der Waals surface area contributed by atoms with Gasteiger partial charge in [-0.2, -0.15) is 11.8 Å². The van der Waals surface area contributed by atoms with Crippen LogP contribution in [0.3, 0.4) is 0 Å². The SMILES string of the molecule is CNC(CSC(C)C)c1c(F)ccc(Br)c1F. The molecule has 1 atom stereocenters. The summed E-state index contributed by atoms with van der Waals surface area (Å²) in [7, 11) is 1.71. The monoisotopic (exact) mass is 323 g/mol. The highest BCUT2D eigenvalue weighted by molar-refractivity contribution is 9.10. The average molecular weight is 324 g/mol. The van der Waals surface area contributed by atoms with Gasteiger partial charge in [0.1, 0.15) is 11.6 Å². The lowest BCUT2D eigenvalue weighted by molar-refractivity contribution is 0.510. The number of thioether (sulfide) groups is 1. The van der Waals surface area contributed by atoms with Gasteiger partial charge in [0.25, 0.3) is 0 Å². The van der Waals surface area contributed by atoms with Crippen LogP contribution in [0, 0.1) is 11.6 Å². The van der Waals surface area contributed by atoms with Crippen LogP contribution >= 0.6 is 27.7 Å². The Bertz CT molecular complexity index is 385. The Kier molecular flexibility index (Phi) is 5.89. The Morgan fingerprint density at radius 2 is 2.00 bits per heavy atom. The van der Waals surface area contributed by atoms with E-state index in [2.05, 4.69) is 35.1 Å². The summed E-state index contributed by atoms with van der Waals surface area (Å²) < 4.78 is 27.9. The second-order valence-corrected chi connectivity index (χ2v) is 6.44. The number of rotatable bonds is 5. The molecule has 1 unspecified atom stereocenters. The van der Waals surface area contributed by atoms with Gasteiger partial charge >= 0.3 is 0 Å². The van der Waals surface area contributed by atoms with Gasteiger partial charge in [0.05, 0.1) is 4.47 Å². The van der Waals surface area contributed by atoms with E-state index in [4.69, 9.17) is 0 Å². The standard InChI is InChI=1S/C12H16BrF2NS/c1-7(2)17-6-10(16-3)11-9(14)5-4-8(13)12(11)15/h4-5,7,10,16H,6H2,1-3H3. The molecule has 0 aromatic heterocycles. The second-order valence-electron chi connectivity index (χ2n) is 3.98. The van der Waals surface area contributed by atoms with Gasteiger partial charge in [-0.1, -0.05) is 13.8 Å². The minimum absolute atomic E-state index is 0.107. The molecule has 5 heteroatoms. The molecule has 0 radical (unpaired) electrons. The first-order valence-electron chi connectivity index (χ1n) is 5.39. The molecule has 0 saturated heterocycles. The highest BCUT2D eigenvalue weighted by atomic mass is 79.9. The van der Waals surface area contributed by atoms with Gasteiger partial charge < -0.3 is 5.32 Å². The molecule has 0 saturated carbocycles. The molecule has 0 spiro atoms. The van der Waals surface area contributed by atoms with Crippen LogP contribution in [-0.2, 0) is 0 Å². The van der Waals surface area contributed by atoms with Crippen LogP contribution in [0.25, 0.3) is 0 Å². The molecule has 1 N–H and O–H groups in total. The van der Waals surface area contributed by atoms with Crippen LogP contribution in [-0.4, -0.2) is 18.1 Å². The summed E-state index contributed by atoms with van der Waals surface area (Å²) in [5.41, 5.74) is 0.107. The van der Waals surface area contributed by atoms with E-state index in [-0.39, 0.29) is 11.6 Å². The molecule has 1 rings (SSSR count). The Balaban J connectivity index is 2.98. The van der Waals surface area contributed by atoms with Gasteiger partial charge in [-0.3, -0.25) is 0 Å². The molecule has 0 amide bonds. The topological polar surface area (TPSA) is 12.0 Å². The fraction of sp³-hybridized carbons (Fsp3) is 0.500. The smallest absolute Gasteiger partial charge is 0.145 e. The van der Waals surface area contributed by atoms with Crippen molar-refractivity contribution in [2.75, 3.05) is 12.8 Å². The van der Waals surface area contributed by atoms with E-state index in [1.54, 1.807) is 18.8 Å². The Morgan fingerprint density at radius 3 is 2.53 bits per heavy atom. The first-order chi connectivity index (χ1) is 7.97. The third-order valence-electron chi connectivity index (χ3n) is 2.37. The lowest BCUT2D eigenvalue weighted by Gasteiger charge is -2.19. The van der Waals surface area contributed by atoms with Crippen molar-refractivity contribution >= 4 is 27.7 Å². The van der Waals surface area contributed by atoms with Gasteiger partial charge in [0.2, 0.25) is 0 Å². The zero-order valence-corrected chi connectivity index (χ0v) is 12.5. The highest BCUT2D eigenvalue weighted by Crippen LogP contribution is 2.29. The molecule has 17 heavy (non-hydrogen) atoms. The summed E-state index contributed by atoms with van der Waals surface area (Å²) in [5.74, 6) is -0.388. The van der Waals surface area contributed by atoms with E-state index in [9.17, 15) is 8.78 Å². The molecule has 1 nitrogen and oxygen atoms in total. The van der Waals surface area contributed by atoms with Crippen molar-refractivity contribution in [1.82, 2.24) is 5.32 Å². The van der Waals surface area contributed by atoms with Crippen LogP contribution in [0.4, 0.5) is 8.78 Å². The quantitative estimate of drug-likeness (QED) is 0.818. The average Bonchev–Trinajstić information content (AvgIpc) is 2.28. The van der Waals surface area contributed by atoms with Crippen molar-refractivity contribution in [3.8, 4) is 0 Å². The molecule has 0 heterocycles. The molecule has 1 aromatic rings. The van der Waals surface area contributed by atoms with E-state index in [1.807, 2.05) is 0 Å². The van der Waals surface area contributed by atoms with E-state index in [0.29, 0.717) is 15.5 Å². The molecule has 0 bridgehead atoms. The largest absolute Gasteiger partial charge is 0.312 e. The maximum absolute atomic E-state index is 13.9. The second kappa shape index (κ2) is 6.71. The van der Waals surface area contributed by atoms with E-state index in [0.717, 1.165) is 0 Å². The van der Waals surface area contributed by atoms with Gasteiger partial charge in [-0.15, -0.1) is 0 Å². The molecular formula is C12H16BrF2NS. The van der Waals surface area contributed by atoms with Crippen LogP contribution in [0.15, 0.2) is 16.6 Å². The highest BCUT2D eigenvalue weighted by Gasteiger charge is 2.21. The van der Waals surface area contributed by atoms with E-state index < -0.39 is 11.6 Å². The number of hydrogen-bond acceptors (Lipinski definition) is 2. The normalized spacial score (nSPS) is 13.1. The summed E-state index contributed by atoms with van der Waals surface area (Å²) in [5, 5.41) is 3.40. The molecular weight excluding hydrogens is 308 g/mol.